The predicted octanol–water partition coefficient (Wildman–Crippen LogP) is 6.94. The van der Waals surface area contributed by atoms with Gasteiger partial charge in [-0.3, -0.25) is 9.78 Å². The van der Waals surface area contributed by atoms with Crippen LogP contribution in [-0.2, 0) is 11.2 Å². The second-order valence-electron chi connectivity index (χ2n) is 9.79. The molecule has 0 saturated carbocycles. The van der Waals surface area contributed by atoms with Crippen LogP contribution in [0.3, 0.4) is 0 Å². The monoisotopic (exact) mass is 462 g/mol. The van der Waals surface area contributed by atoms with Crippen LogP contribution >= 0.6 is 11.6 Å². The Morgan fingerprint density at radius 2 is 1.45 bits per heavy atom. The molecule has 1 saturated heterocycles. The number of anilines is 1. The van der Waals surface area contributed by atoms with Crippen LogP contribution in [0.25, 0.3) is 22.3 Å². The third-order valence-corrected chi connectivity index (χ3v) is 7.02. The summed E-state index contributed by atoms with van der Waals surface area (Å²) >= 11 is 6.04. The molecule has 0 amide bonds. The molecule has 1 aliphatic rings. The fraction of sp³-hybridized carbons (Fsp3) is 0.357. The van der Waals surface area contributed by atoms with E-state index in [2.05, 4.69) is 43.0 Å². The number of pyridine rings is 1. The molecule has 1 fully saturated rings. The Bertz CT molecular complexity index is 1160. The number of aliphatic carboxylic acids is 1. The van der Waals surface area contributed by atoms with Crippen molar-refractivity contribution in [2.75, 3.05) is 18.0 Å². The number of carboxylic acids is 1. The second-order valence-corrected chi connectivity index (χ2v) is 10.2. The van der Waals surface area contributed by atoms with Gasteiger partial charge in [0.1, 0.15) is 0 Å². The first-order valence-electron chi connectivity index (χ1n) is 11.5. The van der Waals surface area contributed by atoms with Crippen LogP contribution < -0.4 is 4.90 Å². The zero-order valence-corrected chi connectivity index (χ0v) is 20.5. The summed E-state index contributed by atoms with van der Waals surface area (Å²) in [6.45, 7) is 10.4. The van der Waals surface area contributed by atoms with Gasteiger partial charge in [-0.25, -0.2) is 0 Å². The van der Waals surface area contributed by atoms with E-state index in [4.69, 9.17) is 16.6 Å². The Kier molecular flexibility index (Phi) is 6.49. The van der Waals surface area contributed by atoms with Gasteiger partial charge in [0.05, 0.1) is 12.1 Å². The fourth-order valence-corrected chi connectivity index (χ4v) is 4.86. The zero-order chi connectivity index (χ0) is 23.8. The molecule has 0 radical (unpaired) electrons. The maximum absolute atomic E-state index is 11.8. The average Bonchev–Trinajstić information content (AvgIpc) is 2.76. The van der Waals surface area contributed by atoms with Crippen molar-refractivity contribution in [3.63, 3.8) is 0 Å². The Labute approximate surface area is 201 Å². The van der Waals surface area contributed by atoms with Gasteiger partial charge in [0.15, 0.2) is 0 Å². The number of carboxylic acid groups (broad SMARTS) is 1. The molecule has 4 rings (SSSR count). The van der Waals surface area contributed by atoms with E-state index in [9.17, 15) is 9.90 Å². The molecule has 0 unspecified atom stereocenters. The van der Waals surface area contributed by atoms with Crippen LogP contribution in [0.4, 0.5) is 5.69 Å². The Balaban J connectivity index is 1.81. The molecule has 0 spiro atoms. The first-order chi connectivity index (χ1) is 15.6. The number of hydrogen-bond acceptors (Lipinski definition) is 3. The highest BCUT2D eigenvalue weighted by atomic mass is 35.5. The first-order valence-corrected chi connectivity index (χ1v) is 11.9. The third-order valence-electron chi connectivity index (χ3n) is 6.77. The maximum atomic E-state index is 11.8. The topological polar surface area (TPSA) is 53.4 Å². The summed E-state index contributed by atoms with van der Waals surface area (Å²) in [4.78, 5) is 18.9. The standard InChI is InChI=1S/C28H31ClN2O2/c1-18-24(17-25(32)33)27(31-15-13-28(3,4)14-16-31)26(19(2)30-18)22-7-5-20(6-8-22)21-9-11-23(29)12-10-21/h5-12H,13-17H2,1-4H3,(H,32,33). The predicted molar refractivity (Wildman–Crippen MR) is 136 cm³/mol. The summed E-state index contributed by atoms with van der Waals surface area (Å²) in [5.41, 5.74) is 8.22. The van der Waals surface area contributed by atoms with Crippen molar-refractivity contribution < 1.29 is 9.90 Å². The number of aromatic nitrogens is 1. The van der Waals surface area contributed by atoms with Crippen molar-refractivity contribution in [2.45, 2.75) is 47.0 Å². The molecule has 172 valence electrons. The normalized spacial score (nSPS) is 15.5. The van der Waals surface area contributed by atoms with Crippen molar-refractivity contribution in [1.29, 1.82) is 0 Å². The number of nitrogens with zero attached hydrogens (tertiary/aromatic N) is 2. The molecule has 1 aliphatic heterocycles. The summed E-state index contributed by atoms with van der Waals surface area (Å²) in [6.07, 6.45) is 2.13. The van der Waals surface area contributed by atoms with Gasteiger partial charge in [0.2, 0.25) is 0 Å². The van der Waals surface area contributed by atoms with Crippen LogP contribution in [0.5, 0.6) is 0 Å². The van der Waals surface area contributed by atoms with Crippen molar-refractivity contribution >= 4 is 23.3 Å². The van der Waals surface area contributed by atoms with Crippen molar-refractivity contribution in [1.82, 2.24) is 4.98 Å². The highest BCUT2D eigenvalue weighted by Crippen LogP contribution is 2.41. The molecule has 4 nitrogen and oxygen atoms in total. The lowest BCUT2D eigenvalue weighted by molar-refractivity contribution is -0.136. The van der Waals surface area contributed by atoms with E-state index in [0.717, 1.165) is 75.8 Å². The molecule has 3 aromatic rings. The SMILES string of the molecule is Cc1nc(C)c(-c2ccc(-c3ccc(Cl)cc3)cc2)c(N2CCC(C)(C)CC2)c1CC(=O)O. The molecule has 1 N–H and O–H groups in total. The molecule has 0 bridgehead atoms. The molecular formula is C28H31ClN2O2. The highest BCUT2D eigenvalue weighted by molar-refractivity contribution is 6.30. The van der Waals surface area contributed by atoms with Gasteiger partial charge in [0.25, 0.3) is 0 Å². The van der Waals surface area contributed by atoms with E-state index >= 15 is 0 Å². The number of benzene rings is 2. The largest absolute Gasteiger partial charge is 0.481 e. The molecule has 33 heavy (non-hydrogen) atoms. The van der Waals surface area contributed by atoms with Crippen LogP contribution in [0.2, 0.25) is 5.02 Å². The zero-order valence-electron chi connectivity index (χ0n) is 19.8. The number of piperidine rings is 1. The van der Waals surface area contributed by atoms with E-state index in [1.165, 1.54) is 0 Å². The highest BCUT2D eigenvalue weighted by Gasteiger charge is 2.30. The van der Waals surface area contributed by atoms with Crippen molar-refractivity contribution in [2.24, 2.45) is 5.41 Å². The summed E-state index contributed by atoms with van der Waals surface area (Å²) in [5.74, 6) is -0.827. The second kappa shape index (κ2) is 9.18. The van der Waals surface area contributed by atoms with E-state index in [-0.39, 0.29) is 6.42 Å². The lowest BCUT2D eigenvalue weighted by Gasteiger charge is -2.40. The van der Waals surface area contributed by atoms with Crippen molar-refractivity contribution in [3.05, 3.63) is 70.5 Å². The minimum atomic E-state index is -0.827. The molecule has 0 aliphatic carbocycles. The van der Waals surface area contributed by atoms with Crippen LogP contribution in [-0.4, -0.2) is 29.1 Å². The average molecular weight is 463 g/mol. The van der Waals surface area contributed by atoms with E-state index in [1.807, 2.05) is 38.1 Å². The summed E-state index contributed by atoms with van der Waals surface area (Å²) < 4.78 is 0. The van der Waals surface area contributed by atoms with E-state index in [0.29, 0.717) is 5.41 Å². The maximum Gasteiger partial charge on any atom is 0.307 e. The summed E-state index contributed by atoms with van der Waals surface area (Å²) in [7, 11) is 0. The van der Waals surface area contributed by atoms with E-state index < -0.39 is 5.97 Å². The van der Waals surface area contributed by atoms with Gasteiger partial charge in [-0.15, -0.1) is 0 Å². The molecule has 5 heteroatoms. The summed E-state index contributed by atoms with van der Waals surface area (Å²) in [6, 6.07) is 16.3. The van der Waals surface area contributed by atoms with Gasteiger partial charge in [-0.05, 0) is 60.9 Å². The van der Waals surface area contributed by atoms with E-state index in [1.54, 1.807) is 0 Å². The molecule has 2 heterocycles. The molecular weight excluding hydrogens is 432 g/mol. The summed E-state index contributed by atoms with van der Waals surface area (Å²) in [5, 5.41) is 10.4. The minimum Gasteiger partial charge on any atom is -0.481 e. The number of aryl methyl sites for hydroxylation is 2. The smallest absolute Gasteiger partial charge is 0.307 e. The molecule has 1 aromatic heterocycles. The Morgan fingerprint density at radius 1 is 0.939 bits per heavy atom. The van der Waals surface area contributed by atoms with Crippen LogP contribution in [0.1, 0.15) is 43.6 Å². The lowest BCUT2D eigenvalue weighted by Crippen LogP contribution is -2.38. The number of carbonyl (C=O) groups is 1. The van der Waals surface area contributed by atoms with Gasteiger partial charge in [-0.2, -0.15) is 0 Å². The Morgan fingerprint density at radius 3 is 2.00 bits per heavy atom. The molecule has 2 aromatic carbocycles. The van der Waals surface area contributed by atoms with Crippen molar-refractivity contribution in [3.8, 4) is 22.3 Å². The quantitative estimate of drug-likeness (QED) is 0.446. The third kappa shape index (κ3) is 5.06. The fourth-order valence-electron chi connectivity index (χ4n) is 4.73. The first kappa shape index (κ1) is 23.3. The number of rotatable bonds is 5. The number of hydrogen-bond donors (Lipinski definition) is 1. The van der Waals surface area contributed by atoms with Gasteiger partial charge in [-0.1, -0.05) is 61.8 Å². The lowest BCUT2D eigenvalue weighted by atomic mass is 9.82. The van der Waals surface area contributed by atoms with Gasteiger partial charge < -0.3 is 10.0 Å². The Hall–Kier alpha value is -2.85. The van der Waals surface area contributed by atoms with Crippen LogP contribution in [0, 0.1) is 19.3 Å². The van der Waals surface area contributed by atoms with Crippen LogP contribution in [0.15, 0.2) is 48.5 Å². The van der Waals surface area contributed by atoms with Gasteiger partial charge in [0, 0.05) is 40.6 Å². The van der Waals surface area contributed by atoms with Gasteiger partial charge >= 0.3 is 5.97 Å². The molecule has 0 atom stereocenters. The minimum absolute atomic E-state index is 0.0236. The number of halogens is 1.